The van der Waals surface area contributed by atoms with Crippen molar-refractivity contribution >= 4 is 5.78 Å². The van der Waals surface area contributed by atoms with Crippen molar-refractivity contribution < 1.29 is 9.53 Å². The van der Waals surface area contributed by atoms with Crippen LogP contribution in [0.25, 0.3) is 0 Å². The van der Waals surface area contributed by atoms with E-state index in [4.69, 9.17) is 4.74 Å². The van der Waals surface area contributed by atoms with Crippen LogP contribution in [-0.2, 0) is 9.53 Å². The molecule has 1 unspecified atom stereocenters. The molecule has 0 radical (unpaired) electrons. The first-order valence-electron chi connectivity index (χ1n) is 9.04. The molecule has 0 aromatic carbocycles. The molecular formula is C18H31NO2. The summed E-state index contributed by atoms with van der Waals surface area (Å²) in [7, 11) is 0. The lowest BCUT2D eigenvalue weighted by Gasteiger charge is -2.46. The van der Waals surface area contributed by atoms with E-state index in [1.165, 1.54) is 51.6 Å². The van der Waals surface area contributed by atoms with Gasteiger partial charge in [-0.1, -0.05) is 6.92 Å². The van der Waals surface area contributed by atoms with Gasteiger partial charge in [0.25, 0.3) is 0 Å². The Morgan fingerprint density at radius 2 is 1.90 bits per heavy atom. The molecule has 3 aliphatic rings. The van der Waals surface area contributed by atoms with E-state index in [1.807, 2.05) is 0 Å². The zero-order valence-corrected chi connectivity index (χ0v) is 13.6. The van der Waals surface area contributed by atoms with Gasteiger partial charge < -0.3 is 9.64 Å². The van der Waals surface area contributed by atoms with Crippen LogP contribution in [-0.4, -0.2) is 43.0 Å². The van der Waals surface area contributed by atoms with Crippen molar-refractivity contribution in [2.45, 2.75) is 70.8 Å². The van der Waals surface area contributed by atoms with Crippen LogP contribution in [0.5, 0.6) is 0 Å². The fourth-order valence-corrected chi connectivity index (χ4v) is 4.73. The van der Waals surface area contributed by atoms with Crippen molar-refractivity contribution in [3.63, 3.8) is 0 Å². The van der Waals surface area contributed by atoms with Gasteiger partial charge in [-0.2, -0.15) is 0 Å². The Kier molecular flexibility index (Phi) is 5.00. The molecule has 0 amide bonds. The maximum atomic E-state index is 11.6. The first-order valence-corrected chi connectivity index (χ1v) is 9.04. The minimum atomic E-state index is 0.461. The largest absolute Gasteiger partial charge is 0.377 e. The highest BCUT2D eigenvalue weighted by molar-refractivity contribution is 5.79. The van der Waals surface area contributed by atoms with Crippen molar-refractivity contribution in [3.05, 3.63) is 0 Å². The van der Waals surface area contributed by atoms with E-state index in [0.717, 1.165) is 32.4 Å². The van der Waals surface area contributed by atoms with E-state index in [-0.39, 0.29) is 0 Å². The summed E-state index contributed by atoms with van der Waals surface area (Å²) in [4.78, 5) is 14.1. The van der Waals surface area contributed by atoms with E-state index in [9.17, 15) is 4.79 Å². The lowest BCUT2D eigenvalue weighted by Crippen LogP contribution is -2.40. The molecule has 120 valence electrons. The Balaban J connectivity index is 1.39. The van der Waals surface area contributed by atoms with Crippen molar-refractivity contribution in [3.8, 4) is 0 Å². The van der Waals surface area contributed by atoms with Gasteiger partial charge in [0.05, 0.1) is 12.7 Å². The zero-order valence-electron chi connectivity index (χ0n) is 13.6. The summed E-state index contributed by atoms with van der Waals surface area (Å²) in [5, 5.41) is 0. The van der Waals surface area contributed by atoms with Crippen LogP contribution < -0.4 is 0 Å². The molecule has 3 heteroatoms. The number of ether oxygens (including phenoxy) is 1. The van der Waals surface area contributed by atoms with E-state index >= 15 is 0 Å². The molecule has 3 nitrogen and oxygen atoms in total. The monoisotopic (exact) mass is 293 g/mol. The standard InChI is InChI=1S/C18H31NO2/c1-15-14-16(20)4-7-18(15)8-5-17(6-9-18)21-13-12-19-10-2-3-11-19/h15,17H,2-14H2,1H3. The fourth-order valence-electron chi connectivity index (χ4n) is 4.73. The van der Waals surface area contributed by atoms with Crippen LogP contribution in [0.2, 0.25) is 0 Å². The molecule has 2 aliphatic carbocycles. The van der Waals surface area contributed by atoms with Gasteiger partial charge in [-0.15, -0.1) is 0 Å². The Morgan fingerprint density at radius 3 is 2.57 bits per heavy atom. The molecule has 0 aromatic heterocycles. The second-order valence-electron chi connectivity index (χ2n) is 7.63. The Labute approximate surface area is 129 Å². The molecule has 2 saturated carbocycles. The van der Waals surface area contributed by atoms with Crippen LogP contribution in [0.15, 0.2) is 0 Å². The molecule has 21 heavy (non-hydrogen) atoms. The number of nitrogens with zero attached hydrogens (tertiary/aromatic N) is 1. The molecule has 3 rings (SSSR count). The third-order valence-corrected chi connectivity index (χ3v) is 6.37. The molecule has 0 N–H and O–H groups in total. The quantitative estimate of drug-likeness (QED) is 0.795. The van der Waals surface area contributed by atoms with Crippen molar-refractivity contribution in [2.24, 2.45) is 11.3 Å². The number of Topliss-reactive ketones (excluding diaryl/α,β-unsaturated/α-hetero) is 1. The van der Waals surface area contributed by atoms with Crippen molar-refractivity contribution in [1.29, 1.82) is 0 Å². The SMILES string of the molecule is CC1CC(=O)CCC12CCC(OCCN1CCCC1)CC2. The highest BCUT2D eigenvalue weighted by Crippen LogP contribution is 2.50. The van der Waals surface area contributed by atoms with Gasteiger partial charge in [-0.25, -0.2) is 0 Å². The molecule has 0 aromatic rings. The summed E-state index contributed by atoms with van der Waals surface area (Å²) >= 11 is 0. The van der Waals surface area contributed by atoms with Gasteiger partial charge in [-0.3, -0.25) is 4.79 Å². The van der Waals surface area contributed by atoms with Gasteiger partial charge in [-0.05, 0) is 69.4 Å². The predicted molar refractivity (Wildman–Crippen MR) is 84.3 cm³/mol. The second-order valence-corrected chi connectivity index (χ2v) is 7.63. The van der Waals surface area contributed by atoms with Crippen LogP contribution in [0.1, 0.15) is 64.7 Å². The van der Waals surface area contributed by atoms with Crippen molar-refractivity contribution in [1.82, 2.24) is 4.90 Å². The molecule has 1 atom stereocenters. The normalized spacial score (nSPS) is 38.2. The molecule has 1 aliphatic heterocycles. The predicted octanol–water partition coefficient (Wildman–Crippen LogP) is 3.42. The van der Waals surface area contributed by atoms with E-state index in [0.29, 0.717) is 23.2 Å². The first kappa shape index (κ1) is 15.5. The Hall–Kier alpha value is -0.410. The summed E-state index contributed by atoms with van der Waals surface area (Å²) in [6.07, 6.45) is 10.9. The van der Waals surface area contributed by atoms with Crippen LogP contribution in [0.4, 0.5) is 0 Å². The van der Waals surface area contributed by atoms with E-state index in [1.54, 1.807) is 0 Å². The molecule has 1 saturated heterocycles. The lowest BCUT2D eigenvalue weighted by molar-refractivity contribution is -0.126. The minimum Gasteiger partial charge on any atom is -0.377 e. The fraction of sp³-hybridized carbons (Fsp3) is 0.944. The average Bonchev–Trinajstić information content (AvgIpc) is 2.99. The van der Waals surface area contributed by atoms with Gasteiger partial charge in [0.2, 0.25) is 0 Å². The number of carbonyl (C=O) groups is 1. The molecular weight excluding hydrogens is 262 g/mol. The number of carbonyl (C=O) groups excluding carboxylic acids is 1. The second kappa shape index (κ2) is 6.78. The summed E-state index contributed by atoms with van der Waals surface area (Å²) in [6, 6.07) is 0. The summed E-state index contributed by atoms with van der Waals surface area (Å²) in [6.45, 7) is 6.86. The minimum absolute atomic E-state index is 0.461. The molecule has 1 heterocycles. The molecule has 3 fully saturated rings. The van der Waals surface area contributed by atoms with Crippen LogP contribution in [0.3, 0.4) is 0 Å². The number of likely N-dealkylation sites (tertiary alicyclic amines) is 1. The third kappa shape index (κ3) is 3.68. The molecule has 0 bridgehead atoms. The van der Waals surface area contributed by atoms with Crippen molar-refractivity contribution in [2.75, 3.05) is 26.2 Å². The van der Waals surface area contributed by atoms with Crippen LogP contribution >= 0.6 is 0 Å². The van der Waals surface area contributed by atoms with E-state index in [2.05, 4.69) is 11.8 Å². The van der Waals surface area contributed by atoms with Gasteiger partial charge in [0.1, 0.15) is 5.78 Å². The highest BCUT2D eigenvalue weighted by Gasteiger charge is 2.43. The average molecular weight is 293 g/mol. The summed E-state index contributed by atoms with van der Waals surface area (Å²) in [5.41, 5.74) is 0.461. The zero-order chi connectivity index (χ0) is 14.7. The topological polar surface area (TPSA) is 29.5 Å². The smallest absolute Gasteiger partial charge is 0.133 e. The van der Waals surface area contributed by atoms with Gasteiger partial charge in [0.15, 0.2) is 0 Å². The molecule has 1 spiro atoms. The number of ketones is 1. The number of hydrogen-bond acceptors (Lipinski definition) is 3. The Morgan fingerprint density at radius 1 is 1.19 bits per heavy atom. The van der Waals surface area contributed by atoms with Crippen LogP contribution in [0, 0.1) is 11.3 Å². The Bertz CT molecular complexity index is 354. The maximum absolute atomic E-state index is 11.6. The number of hydrogen-bond donors (Lipinski definition) is 0. The summed E-state index contributed by atoms with van der Waals surface area (Å²) < 4.78 is 6.13. The summed E-state index contributed by atoms with van der Waals surface area (Å²) in [5.74, 6) is 1.07. The third-order valence-electron chi connectivity index (χ3n) is 6.37. The van der Waals surface area contributed by atoms with Gasteiger partial charge in [0, 0.05) is 19.4 Å². The highest BCUT2D eigenvalue weighted by atomic mass is 16.5. The lowest BCUT2D eigenvalue weighted by atomic mass is 9.59. The van der Waals surface area contributed by atoms with Gasteiger partial charge >= 0.3 is 0 Å². The first-order chi connectivity index (χ1) is 10.2. The maximum Gasteiger partial charge on any atom is 0.133 e. The van der Waals surface area contributed by atoms with E-state index < -0.39 is 0 Å². The number of rotatable bonds is 4.